The van der Waals surface area contributed by atoms with E-state index in [2.05, 4.69) is 10.1 Å². The van der Waals surface area contributed by atoms with Crippen LogP contribution >= 0.6 is 0 Å². The lowest BCUT2D eigenvalue weighted by Crippen LogP contribution is -2.36. The summed E-state index contributed by atoms with van der Waals surface area (Å²) in [5.74, 6) is 0.261. The van der Waals surface area contributed by atoms with Gasteiger partial charge in [0.15, 0.2) is 0 Å². The van der Waals surface area contributed by atoms with E-state index in [4.69, 9.17) is 4.74 Å². The number of alkyl carbamates (subject to hydrolysis) is 1. The second-order valence-corrected chi connectivity index (χ2v) is 5.45. The predicted octanol–water partition coefficient (Wildman–Crippen LogP) is 1.60. The molecule has 1 saturated heterocycles. The Morgan fingerprint density at radius 3 is 2.61 bits per heavy atom. The lowest BCUT2D eigenvalue weighted by atomic mass is 10.1. The number of nitrogens with zero attached hydrogens (tertiary/aromatic N) is 1. The number of hydrogen-bond donors (Lipinski definition) is 1. The summed E-state index contributed by atoms with van der Waals surface area (Å²) in [6.45, 7) is 7.27. The van der Waals surface area contributed by atoms with Crippen LogP contribution in [0.4, 0.5) is 9.59 Å². The average molecular weight is 258 g/mol. The Balaban J connectivity index is 2.26. The fourth-order valence-electron chi connectivity index (χ4n) is 1.84. The molecular formula is C12H22N2O4. The molecule has 1 aliphatic rings. The number of rotatable bonds is 2. The lowest BCUT2D eigenvalue weighted by Gasteiger charge is -2.20. The zero-order valence-corrected chi connectivity index (χ0v) is 11.5. The number of nitrogens with one attached hydrogen (secondary N) is 1. The lowest BCUT2D eigenvalue weighted by molar-refractivity contribution is 0.0520. The van der Waals surface area contributed by atoms with E-state index >= 15 is 0 Å². The van der Waals surface area contributed by atoms with Crippen LogP contribution in [0.15, 0.2) is 0 Å². The van der Waals surface area contributed by atoms with E-state index < -0.39 is 11.7 Å². The maximum atomic E-state index is 11.4. The second-order valence-electron chi connectivity index (χ2n) is 5.45. The molecule has 18 heavy (non-hydrogen) atoms. The predicted molar refractivity (Wildman–Crippen MR) is 66.3 cm³/mol. The Labute approximate surface area is 108 Å². The van der Waals surface area contributed by atoms with Gasteiger partial charge in [0, 0.05) is 19.6 Å². The quantitative estimate of drug-likeness (QED) is 0.817. The highest BCUT2D eigenvalue weighted by Crippen LogP contribution is 2.16. The molecule has 0 aromatic rings. The molecule has 0 spiro atoms. The fraction of sp³-hybridized carbons (Fsp3) is 0.833. The van der Waals surface area contributed by atoms with E-state index in [-0.39, 0.29) is 12.0 Å². The van der Waals surface area contributed by atoms with Crippen molar-refractivity contribution in [2.75, 3.05) is 26.7 Å². The normalized spacial score (nSPS) is 19.6. The Hall–Kier alpha value is -1.46. The zero-order valence-electron chi connectivity index (χ0n) is 11.5. The molecule has 1 rings (SSSR count). The molecule has 1 heterocycles. The maximum absolute atomic E-state index is 11.4. The number of likely N-dealkylation sites (tertiary alicyclic amines) is 1. The molecule has 0 aromatic heterocycles. The van der Waals surface area contributed by atoms with Crippen molar-refractivity contribution in [3.63, 3.8) is 0 Å². The van der Waals surface area contributed by atoms with Gasteiger partial charge >= 0.3 is 12.2 Å². The van der Waals surface area contributed by atoms with Gasteiger partial charge in [0.05, 0.1) is 7.11 Å². The third-order valence-corrected chi connectivity index (χ3v) is 2.65. The molecule has 6 nitrogen and oxygen atoms in total. The summed E-state index contributed by atoms with van der Waals surface area (Å²) >= 11 is 0. The first-order valence-electron chi connectivity index (χ1n) is 6.11. The molecular weight excluding hydrogens is 236 g/mol. The van der Waals surface area contributed by atoms with Crippen LogP contribution in [0.2, 0.25) is 0 Å². The highest BCUT2D eigenvalue weighted by Gasteiger charge is 2.27. The van der Waals surface area contributed by atoms with Crippen molar-refractivity contribution in [3.05, 3.63) is 0 Å². The molecule has 1 fully saturated rings. The van der Waals surface area contributed by atoms with E-state index in [9.17, 15) is 9.59 Å². The molecule has 0 aliphatic carbocycles. The van der Waals surface area contributed by atoms with E-state index in [1.807, 2.05) is 20.8 Å². The van der Waals surface area contributed by atoms with Gasteiger partial charge in [-0.25, -0.2) is 9.59 Å². The van der Waals surface area contributed by atoms with Gasteiger partial charge < -0.3 is 19.7 Å². The Kier molecular flexibility index (Phi) is 4.81. The smallest absolute Gasteiger partial charge is 0.409 e. The van der Waals surface area contributed by atoms with Crippen LogP contribution in [0.5, 0.6) is 0 Å². The van der Waals surface area contributed by atoms with Gasteiger partial charge in [-0.15, -0.1) is 0 Å². The Morgan fingerprint density at radius 1 is 1.39 bits per heavy atom. The summed E-state index contributed by atoms with van der Waals surface area (Å²) in [5.41, 5.74) is -0.488. The van der Waals surface area contributed by atoms with Crippen molar-refractivity contribution in [3.8, 4) is 0 Å². The molecule has 1 N–H and O–H groups in total. The van der Waals surface area contributed by atoms with E-state index in [0.29, 0.717) is 19.6 Å². The van der Waals surface area contributed by atoms with Gasteiger partial charge in [0.25, 0.3) is 0 Å². The number of hydrogen-bond acceptors (Lipinski definition) is 4. The highest BCUT2D eigenvalue weighted by molar-refractivity contribution is 5.68. The van der Waals surface area contributed by atoms with Crippen LogP contribution in [0, 0.1) is 5.92 Å². The maximum Gasteiger partial charge on any atom is 0.409 e. The molecule has 0 bridgehead atoms. The molecule has 0 radical (unpaired) electrons. The van der Waals surface area contributed by atoms with Gasteiger partial charge in [0.2, 0.25) is 0 Å². The first-order valence-corrected chi connectivity index (χ1v) is 6.11. The van der Waals surface area contributed by atoms with Crippen LogP contribution in [-0.4, -0.2) is 49.4 Å². The molecule has 1 atom stereocenters. The summed E-state index contributed by atoms with van der Waals surface area (Å²) in [5, 5.41) is 2.72. The minimum Gasteiger partial charge on any atom is -0.453 e. The third-order valence-electron chi connectivity index (χ3n) is 2.65. The summed E-state index contributed by atoms with van der Waals surface area (Å²) < 4.78 is 9.79. The van der Waals surface area contributed by atoms with Gasteiger partial charge in [-0.1, -0.05) is 0 Å². The van der Waals surface area contributed by atoms with E-state index in [0.717, 1.165) is 6.42 Å². The summed E-state index contributed by atoms with van der Waals surface area (Å²) in [6.07, 6.45) is 0.138. The van der Waals surface area contributed by atoms with Crippen LogP contribution < -0.4 is 5.32 Å². The minimum atomic E-state index is -0.488. The van der Waals surface area contributed by atoms with Crippen molar-refractivity contribution < 1.29 is 19.1 Å². The molecule has 1 aliphatic heterocycles. The third kappa shape index (κ3) is 4.81. The molecule has 0 saturated carbocycles. The zero-order chi connectivity index (χ0) is 13.8. The summed E-state index contributed by atoms with van der Waals surface area (Å²) in [6, 6.07) is 0. The summed E-state index contributed by atoms with van der Waals surface area (Å²) in [4.78, 5) is 24.4. The van der Waals surface area contributed by atoms with Gasteiger partial charge in [0.1, 0.15) is 5.60 Å². The van der Waals surface area contributed by atoms with Crippen LogP contribution in [0.1, 0.15) is 27.2 Å². The van der Waals surface area contributed by atoms with Gasteiger partial charge in [-0.2, -0.15) is 0 Å². The highest BCUT2D eigenvalue weighted by atomic mass is 16.6. The van der Waals surface area contributed by atoms with Crippen molar-refractivity contribution in [1.82, 2.24) is 10.2 Å². The van der Waals surface area contributed by atoms with Crippen molar-refractivity contribution in [2.24, 2.45) is 5.92 Å². The van der Waals surface area contributed by atoms with Crippen LogP contribution in [-0.2, 0) is 9.47 Å². The van der Waals surface area contributed by atoms with E-state index in [1.54, 1.807) is 4.90 Å². The minimum absolute atomic E-state index is 0.261. The largest absolute Gasteiger partial charge is 0.453 e. The number of methoxy groups -OCH3 is 1. The topological polar surface area (TPSA) is 67.9 Å². The van der Waals surface area contributed by atoms with Gasteiger partial charge in [-0.05, 0) is 33.1 Å². The number of amides is 2. The fourth-order valence-corrected chi connectivity index (χ4v) is 1.84. The first-order chi connectivity index (χ1) is 8.31. The Morgan fingerprint density at radius 2 is 2.06 bits per heavy atom. The Bertz CT molecular complexity index is 312. The molecule has 0 aromatic carbocycles. The SMILES string of the molecule is COC(=O)N1CCC(CNC(=O)OC(C)(C)C)C1. The second kappa shape index (κ2) is 5.93. The monoisotopic (exact) mass is 258 g/mol. The van der Waals surface area contributed by atoms with Crippen molar-refractivity contribution in [2.45, 2.75) is 32.8 Å². The molecule has 6 heteroatoms. The van der Waals surface area contributed by atoms with Gasteiger partial charge in [-0.3, -0.25) is 0 Å². The number of carbonyl (C=O) groups is 2. The van der Waals surface area contributed by atoms with Crippen molar-refractivity contribution in [1.29, 1.82) is 0 Å². The summed E-state index contributed by atoms with van der Waals surface area (Å²) in [7, 11) is 1.37. The van der Waals surface area contributed by atoms with E-state index in [1.165, 1.54) is 7.11 Å². The molecule has 1 unspecified atom stereocenters. The molecule has 2 amide bonds. The number of carbonyl (C=O) groups excluding carboxylic acids is 2. The van der Waals surface area contributed by atoms with Crippen LogP contribution in [0.3, 0.4) is 0 Å². The first kappa shape index (κ1) is 14.6. The molecule has 104 valence electrons. The average Bonchev–Trinajstić information content (AvgIpc) is 2.71. The van der Waals surface area contributed by atoms with Crippen molar-refractivity contribution >= 4 is 12.2 Å². The standard InChI is InChI=1S/C12H22N2O4/c1-12(2,3)18-10(15)13-7-9-5-6-14(8-9)11(16)17-4/h9H,5-8H2,1-4H3,(H,13,15). The van der Waals surface area contributed by atoms with Crippen LogP contribution in [0.25, 0.3) is 0 Å². The number of ether oxygens (including phenoxy) is 2.